The van der Waals surface area contributed by atoms with Gasteiger partial charge in [-0.15, -0.1) is 0 Å². The van der Waals surface area contributed by atoms with E-state index in [9.17, 15) is 27.9 Å². The second-order valence-electron chi connectivity index (χ2n) is 9.30. The Morgan fingerprint density at radius 2 is 1.50 bits per heavy atom. The van der Waals surface area contributed by atoms with E-state index in [1.165, 1.54) is 12.5 Å². The highest BCUT2D eigenvalue weighted by Crippen LogP contribution is 2.29. The van der Waals surface area contributed by atoms with Gasteiger partial charge in [-0.25, -0.2) is 4.79 Å². The highest BCUT2D eigenvalue weighted by atomic mass is 32.2. The average molecular weight is 567 g/mol. The maximum atomic E-state index is 13.1. The van der Waals surface area contributed by atoms with Gasteiger partial charge in [0.25, 0.3) is 21.9 Å². The predicted octanol–water partition coefficient (Wildman–Crippen LogP) is 3.62. The van der Waals surface area contributed by atoms with Gasteiger partial charge in [0.1, 0.15) is 5.84 Å². The molecule has 0 aromatic heterocycles. The molecule has 210 valence electrons. The number of amides is 2. The van der Waals surface area contributed by atoms with E-state index in [4.69, 9.17) is 15.7 Å². The lowest BCUT2D eigenvalue weighted by atomic mass is 9.85. The van der Waals surface area contributed by atoms with Crippen molar-refractivity contribution in [1.29, 1.82) is 5.41 Å². The number of nitrogen functional groups attached to an aromatic ring is 1. The molecule has 0 spiro atoms. The lowest BCUT2D eigenvalue weighted by molar-refractivity contribution is 0.0697. The average Bonchev–Trinajstić information content (AvgIpc) is 2.86. The van der Waals surface area contributed by atoms with Crippen molar-refractivity contribution in [2.75, 3.05) is 18.1 Å². The van der Waals surface area contributed by atoms with E-state index in [0.717, 1.165) is 12.8 Å². The molecule has 4 rings (SSSR count). The molecule has 12 heteroatoms. The third-order valence-electron chi connectivity index (χ3n) is 6.20. The van der Waals surface area contributed by atoms with Gasteiger partial charge in [-0.3, -0.25) is 19.6 Å². The quantitative estimate of drug-likeness (QED) is 0.135. The second-order valence-corrected chi connectivity index (χ2v) is 10.8. The fourth-order valence-corrected chi connectivity index (χ4v) is 3.98. The maximum absolute atomic E-state index is 13.1. The van der Waals surface area contributed by atoms with Crippen LogP contribution < -0.4 is 16.4 Å². The SMILES string of the molecule is CS(=O)(=O)O.N=C(N)c1ccc(NC(=O)c2ccccc2-c2ccc(C(=O)NCC3CCC3)cc2C(=O)O)cc1. The Bertz CT molecular complexity index is 1520. The number of carboxylic acids is 1. The van der Waals surface area contributed by atoms with E-state index < -0.39 is 22.0 Å². The number of anilines is 1. The summed E-state index contributed by atoms with van der Waals surface area (Å²) in [6.07, 6.45) is 4.08. The van der Waals surface area contributed by atoms with Crippen LogP contribution in [0.5, 0.6) is 0 Å². The highest BCUT2D eigenvalue weighted by Gasteiger charge is 2.22. The summed E-state index contributed by atoms with van der Waals surface area (Å²) in [7, 11) is -3.67. The summed E-state index contributed by atoms with van der Waals surface area (Å²) in [6, 6.07) is 17.7. The van der Waals surface area contributed by atoms with Crippen LogP contribution >= 0.6 is 0 Å². The molecular formula is C28H30N4O7S. The Kier molecular flexibility index (Phi) is 9.75. The van der Waals surface area contributed by atoms with E-state index in [2.05, 4.69) is 10.6 Å². The smallest absolute Gasteiger partial charge is 0.336 e. The van der Waals surface area contributed by atoms with Gasteiger partial charge in [0.2, 0.25) is 0 Å². The molecule has 3 aromatic rings. The topological polar surface area (TPSA) is 200 Å². The molecule has 3 aromatic carbocycles. The maximum Gasteiger partial charge on any atom is 0.336 e. The third kappa shape index (κ3) is 8.48. The molecule has 0 atom stereocenters. The molecule has 1 aliphatic carbocycles. The number of carbonyl (C=O) groups excluding carboxylic acids is 2. The first-order valence-corrected chi connectivity index (χ1v) is 14.1. The van der Waals surface area contributed by atoms with Gasteiger partial charge in [-0.05, 0) is 72.4 Å². The second kappa shape index (κ2) is 13.0. The van der Waals surface area contributed by atoms with Gasteiger partial charge in [0.05, 0.1) is 11.8 Å². The number of aromatic carboxylic acids is 1. The molecule has 1 saturated carbocycles. The van der Waals surface area contributed by atoms with E-state index in [0.29, 0.717) is 41.1 Å². The van der Waals surface area contributed by atoms with Gasteiger partial charge < -0.3 is 21.5 Å². The molecule has 0 unspecified atom stereocenters. The molecule has 0 aliphatic heterocycles. The van der Waals surface area contributed by atoms with Gasteiger partial charge in [0, 0.05) is 28.9 Å². The zero-order valence-corrected chi connectivity index (χ0v) is 22.5. The first-order chi connectivity index (χ1) is 18.8. The summed E-state index contributed by atoms with van der Waals surface area (Å²) >= 11 is 0. The van der Waals surface area contributed by atoms with Crippen LogP contribution in [0.15, 0.2) is 66.7 Å². The predicted molar refractivity (Wildman–Crippen MR) is 151 cm³/mol. The van der Waals surface area contributed by atoms with Crippen molar-refractivity contribution < 1.29 is 32.5 Å². The largest absolute Gasteiger partial charge is 0.478 e. The molecule has 0 saturated heterocycles. The van der Waals surface area contributed by atoms with E-state index in [-0.39, 0.29) is 28.4 Å². The number of amidine groups is 1. The summed E-state index contributed by atoms with van der Waals surface area (Å²) < 4.78 is 25.9. The number of carbonyl (C=O) groups is 3. The number of carboxylic acid groups (broad SMARTS) is 1. The summed E-state index contributed by atoms with van der Waals surface area (Å²) in [6.45, 7) is 0.583. The first kappa shape index (κ1) is 30.0. The molecule has 11 nitrogen and oxygen atoms in total. The molecule has 2 amide bonds. The molecule has 0 bridgehead atoms. The Balaban J connectivity index is 0.000000810. The number of benzene rings is 3. The molecule has 0 heterocycles. The van der Waals surface area contributed by atoms with Crippen molar-refractivity contribution in [3.8, 4) is 11.1 Å². The van der Waals surface area contributed by atoms with Crippen LogP contribution in [0.4, 0.5) is 5.69 Å². The molecular weight excluding hydrogens is 536 g/mol. The van der Waals surface area contributed by atoms with Gasteiger partial charge in [-0.1, -0.05) is 30.7 Å². The van der Waals surface area contributed by atoms with Crippen LogP contribution in [0.25, 0.3) is 11.1 Å². The monoisotopic (exact) mass is 566 g/mol. The van der Waals surface area contributed by atoms with Crippen LogP contribution in [0.3, 0.4) is 0 Å². The lowest BCUT2D eigenvalue weighted by Gasteiger charge is -2.25. The Hall–Kier alpha value is -4.55. The number of hydrogen-bond acceptors (Lipinski definition) is 6. The summed E-state index contributed by atoms with van der Waals surface area (Å²) in [5.41, 5.74) is 7.77. The van der Waals surface area contributed by atoms with Crippen LogP contribution in [0.2, 0.25) is 0 Å². The lowest BCUT2D eigenvalue weighted by Crippen LogP contribution is -2.32. The van der Waals surface area contributed by atoms with Crippen molar-refractivity contribution in [3.63, 3.8) is 0 Å². The van der Waals surface area contributed by atoms with Crippen molar-refractivity contribution >= 4 is 39.4 Å². The third-order valence-corrected chi connectivity index (χ3v) is 6.20. The fraction of sp³-hybridized carbons (Fsp3) is 0.214. The van der Waals surface area contributed by atoms with Crippen molar-refractivity contribution in [1.82, 2.24) is 5.32 Å². The van der Waals surface area contributed by atoms with Crippen LogP contribution in [-0.2, 0) is 10.1 Å². The van der Waals surface area contributed by atoms with Crippen molar-refractivity contribution in [2.45, 2.75) is 19.3 Å². The van der Waals surface area contributed by atoms with Crippen molar-refractivity contribution in [2.24, 2.45) is 11.7 Å². The molecule has 40 heavy (non-hydrogen) atoms. The number of nitrogens with one attached hydrogen (secondary N) is 3. The molecule has 1 fully saturated rings. The fourth-order valence-electron chi connectivity index (χ4n) is 3.98. The number of rotatable bonds is 8. The minimum absolute atomic E-state index is 0.0626. The van der Waals surface area contributed by atoms with Crippen LogP contribution in [-0.4, -0.2) is 54.5 Å². The van der Waals surface area contributed by atoms with Gasteiger partial charge in [-0.2, -0.15) is 8.42 Å². The summed E-state index contributed by atoms with van der Waals surface area (Å²) in [5.74, 6) is -1.51. The van der Waals surface area contributed by atoms with Crippen molar-refractivity contribution in [3.05, 3.63) is 89.0 Å². The minimum Gasteiger partial charge on any atom is -0.478 e. The number of nitrogens with two attached hydrogens (primary N) is 1. The summed E-state index contributed by atoms with van der Waals surface area (Å²) in [4.78, 5) is 37.7. The Morgan fingerprint density at radius 3 is 2.05 bits per heavy atom. The standard InChI is InChI=1S/C27H26N4O4.CH4O3S/c28-24(29)17-8-11-19(12-9-17)31-26(33)22-7-2-1-6-20(22)21-13-10-18(14-23(21)27(34)35)25(32)30-15-16-4-3-5-16;1-5(2,3)4/h1-2,6-14,16H,3-5,15H2,(H3,28,29)(H,30,32)(H,31,33)(H,34,35);1H3,(H,2,3,4). The van der Waals surface area contributed by atoms with Gasteiger partial charge in [0.15, 0.2) is 0 Å². The number of hydrogen-bond donors (Lipinski definition) is 6. The summed E-state index contributed by atoms with van der Waals surface area (Å²) in [5, 5.41) is 23.0. The normalized spacial score (nSPS) is 12.8. The van der Waals surface area contributed by atoms with E-state index >= 15 is 0 Å². The molecule has 0 radical (unpaired) electrons. The first-order valence-electron chi connectivity index (χ1n) is 12.3. The minimum atomic E-state index is -3.67. The highest BCUT2D eigenvalue weighted by molar-refractivity contribution is 7.85. The van der Waals surface area contributed by atoms with Crippen LogP contribution in [0.1, 0.15) is 55.9 Å². The molecule has 7 N–H and O–H groups in total. The Morgan fingerprint density at radius 1 is 0.925 bits per heavy atom. The zero-order chi connectivity index (χ0) is 29.4. The van der Waals surface area contributed by atoms with E-state index in [1.54, 1.807) is 60.7 Å². The molecule has 1 aliphatic rings. The Labute approximate surface area is 231 Å². The van der Waals surface area contributed by atoms with Gasteiger partial charge >= 0.3 is 5.97 Å². The van der Waals surface area contributed by atoms with E-state index in [1.807, 2.05) is 0 Å². The van der Waals surface area contributed by atoms with Crippen LogP contribution in [0, 0.1) is 11.3 Å². The zero-order valence-electron chi connectivity index (χ0n) is 21.7.